The number of rotatable bonds is 3. The Labute approximate surface area is 114 Å². The number of aromatic nitrogens is 4. The standard InChI is InChI=1S/C11H13N5S2/c1-6-4-7(2)14-11(13-6)18-9-5-8(12)15-10(16-9)17-3/h4-5H,1-3H3,(H2,12,15,16). The van der Waals surface area contributed by atoms with Crippen LogP contribution in [0.15, 0.2) is 27.5 Å². The Kier molecular flexibility index (Phi) is 4.03. The zero-order chi connectivity index (χ0) is 13.1. The van der Waals surface area contributed by atoms with Crippen molar-refractivity contribution in [2.75, 3.05) is 12.0 Å². The summed E-state index contributed by atoms with van der Waals surface area (Å²) in [5.41, 5.74) is 7.61. The Balaban J connectivity index is 2.30. The van der Waals surface area contributed by atoms with E-state index in [2.05, 4.69) is 19.9 Å². The summed E-state index contributed by atoms with van der Waals surface area (Å²) in [5, 5.41) is 2.09. The molecule has 2 N–H and O–H groups in total. The Morgan fingerprint density at radius 2 is 1.61 bits per heavy atom. The molecule has 94 valence electrons. The van der Waals surface area contributed by atoms with Gasteiger partial charge in [-0.3, -0.25) is 0 Å². The quantitative estimate of drug-likeness (QED) is 0.525. The van der Waals surface area contributed by atoms with Crippen molar-refractivity contribution in [1.82, 2.24) is 19.9 Å². The summed E-state index contributed by atoms with van der Waals surface area (Å²) in [4.78, 5) is 17.2. The van der Waals surface area contributed by atoms with Crippen LogP contribution in [0, 0.1) is 13.8 Å². The summed E-state index contributed by atoms with van der Waals surface area (Å²) < 4.78 is 0. The van der Waals surface area contributed by atoms with E-state index in [9.17, 15) is 0 Å². The van der Waals surface area contributed by atoms with E-state index in [1.807, 2.05) is 26.2 Å². The second-order valence-electron chi connectivity index (χ2n) is 3.65. The topological polar surface area (TPSA) is 77.6 Å². The molecule has 2 aromatic heterocycles. The maximum Gasteiger partial charge on any atom is 0.194 e. The second kappa shape index (κ2) is 5.53. The van der Waals surface area contributed by atoms with E-state index >= 15 is 0 Å². The smallest absolute Gasteiger partial charge is 0.194 e. The fourth-order valence-electron chi connectivity index (χ4n) is 1.40. The third-order valence-electron chi connectivity index (χ3n) is 2.04. The van der Waals surface area contributed by atoms with Gasteiger partial charge in [0.25, 0.3) is 0 Å². The van der Waals surface area contributed by atoms with Gasteiger partial charge in [-0.2, -0.15) is 0 Å². The highest BCUT2D eigenvalue weighted by molar-refractivity contribution is 7.99. The van der Waals surface area contributed by atoms with Gasteiger partial charge in [0.1, 0.15) is 10.8 Å². The molecule has 0 bridgehead atoms. The summed E-state index contributed by atoms with van der Waals surface area (Å²) in [5.74, 6) is 0.459. The average Bonchev–Trinajstić information content (AvgIpc) is 2.26. The van der Waals surface area contributed by atoms with E-state index in [0.29, 0.717) is 16.1 Å². The molecule has 0 saturated carbocycles. The van der Waals surface area contributed by atoms with Crippen molar-refractivity contribution >= 4 is 29.3 Å². The predicted octanol–water partition coefficient (Wildman–Crippen LogP) is 2.34. The van der Waals surface area contributed by atoms with Gasteiger partial charge in [-0.15, -0.1) is 0 Å². The largest absolute Gasteiger partial charge is 0.384 e. The summed E-state index contributed by atoms with van der Waals surface area (Å²) in [7, 11) is 0. The highest BCUT2D eigenvalue weighted by Gasteiger charge is 2.07. The molecule has 2 aromatic rings. The van der Waals surface area contributed by atoms with Crippen LogP contribution in [0.3, 0.4) is 0 Å². The molecule has 2 heterocycles. The minimum absolute atomic E-state index is 0.459. The normalized spacial score (nSPS) is 10.6. The van der Waals surface area contributed by atoms with Gasteiger partial charge < -0.3 is 5.73 Å². The first kappa shape index (κ1) is 13.1. The highest BCUT2D eigenvalue weighted by atomic mass is 32.2. The SMILES string of the molecule is CSc1nc(N)cc(Sc2nc(C)cc(C)n2)n1. The van der Waals surface area contributed by atoms with Crippen molar-refractivity contribution in [2.45, 2.75) is 29.2 Å². The summed E-state index contributed by atoms with van der Waals surface area (Å²) in [6, 6.07) is 3.66. The van der Waals surface area contributed by atoms with Gasteiger partial charge in [-0.05, 0) is 37.9 Å². The lowest BCUT2D eigenvalue weighted by molar-refractivity contribution is 0.876. The Bertz CT molecular complexity index is 553. The van der Waals surface area contributed by atoms with Gasteiger partial charge in [0, 0.05) is 17.5 Å². The maximum atomic E-state index is 5.73. The van der Waals surface area contributed by atoms with Gasteiger partial charge >= 0.3 is 0 Å². The first-order valence-corrected chi connectivity index (χ1v) is 7.29. The molecule has 5 nitrogen and oxygen atoms in total. The van der Waals surface area contributed by atoms with E-state index in [0.717, 1.165) is 16.4 Å². The van der Waals surface area contributed by atoms with Crippen LogP contribution in [0.25, 0.3) is 0 Å². The monoisotopic (exact) mass is 279 g/mol. The van der Waals surface area contributed by atoms with Crippen molar-refractivity contribution in [1.29, 1.82) is 0 Å². The lowest BCUT2D eigenvalue weighted by Crippen LogP contribution is -1.97. The average molecular weight is 279 g/mol. The number of nitrogen functional groups attached to an aromatic ring is 1. The molecule has 0 aliphatic rings. The molecule has 0 aromatic carbocycles. The van der Waals surface area contributed by atoms with Crippen LogP contribution in [0.1, 0.15) is 11.4 Å². The molecule has 0 radical (unpaired) electrons. The van der Waals surface area contributed by atoms with Gasteiger partial charge in [0.05, 0.1) is 0 Å². The zero-order valence-corrected chi connectivity index (χ0v) is 12.0. The molecular formula is C11H13N5S2. The summed E-state index contributed by atoms with van der Waals surface area (Å²) in [6.45, 7) is 3.89. The molecule has 7 heteroatoms. The summed E-state index contributed by atoms with van der Waals surface area (Å²) >= 11 is 2.85. The molecule has 0 aliphatic heterocycles. The lowest BCUT2D eigenvalue weighted by Gasteiger charge is -2.04. The number of nitrogens with zero attached hydrogens (tertiary/aromatic N) is 4. The van der Waals surface area contributed by atoms with Crippen molar-refractivity contribution in [3.8, 4) is 0 Å². The van der Waals surface area contributed by atoms with E-state index in [4.69, 9.17) is 5.73 Å². The highest BCUT2D eigenvalue weighted by Crippen LogP contribution is 2.25. The molecule has 0 unspecified atom stereocenters. The Morgan fingerprint density at radius 3 is 2.22 bits per heavy atom. The first-order chi connectivity index (χ1) is 8.56. The van der Waals surface area contributed by atoms with Crippen molar-refractivity contribution in [2.24, 2.45) is 0 Å². The lowest BCUT2D eigenvalue weighted by atomic mass is 10.4. The number of nitrogens with two attached hydrogens (primary N) is 1. The molecule has 0 atom stereocenters. The van der Waals surface area contributed by atoms with Crippen LogP contribution < -0.4 is 5.73 Å². The number of aryl methyl sites for hydroxylation is 2. The molecule has 0 spiro atoms. The molecule has 0 saturated heterocycles. The number of hydrogen-bond donors (Lipinski definition) is 1. The summed E-state index contributed by atoms with van der Waals surface area (Å²) in [6.07, 6.45) is 1.91. The first-order valence-electron chi connectivity index (χ1n) is 5.25. The van der Waals surface area contributed by atoms with Crippen molar-refractivity contribution in [3.05, 3.63) is 23.5 Å². The molecule has 0 aliphatic carbocycles. The minimum atomic E-state index is 0.459. The van der Waals surface area contributed by atoms with E-state index in [1.165, 1.54) is 23.5 Å². The van der Waals surface area contributed by atoms with Gasteiger partial charge in [-0.1, -0.05) is 11.8 Å². The molecule has 18 heavy (non-hydrogen) atoms. The Hall–Kier alpha value is -1.34. The third-order valence-corrected chi connectivity index (χ3v) is 3.37. The van der Waals surface area contributed by atoms with E-state index in [-0.39, 0.29) is 0 Å². The maximum absolute atomic E-state index is 5.73. The van der Waals surface area contributed by atoms with Crippen LogP contribution in [-0.4, -0.2) is 26.2 Å². The minimum Gasteiger partial charge on any atom is -0.384 e. The van der Waals surface area contributed by atoms with Crippen LogP contribution in [0.5, 0.6) is 0 Å². The van der Waals surface area contributed by atoms with Gasteiger partial charge in [-0.25, -0.2) is 19.9 Å². The third kappa shape index (κ3) is 3.33. The van der Waals surface area contributed by atoms with E-state index < -0.39 is 0 Å². The fourth-order valence-corrected chi connectivity index (χ4v) is 2.72. The second-order valence-corrected chi connectivity index (χ2v) is 5.41. The van der Waals surface area contributed by atoms with Crippen LogP contribution in [-0.2, 0) is 0 Å². The molecular weight excluding hydrogens is 266 g/mol. The van der Waals surface area contributed by atoms with Gasteiger partial charge in [0.15, 0.2) is 10.3 Å². The number of thioether (sulfide) groups is 1. The number of anilines is 1. The fraction of sp³-hybridized carbons (Fsp3) is 0.273. The van der Waals surface area contributed by atoms with Crippen molar-refractivity contribution < 1.29 is 0 Å². The van der Waals surface area contributed by atoms with Crippen molar-refractivity contribution in [3.63, 3.8) is 0 Å². The van der Waals surface area contributed by atoms with Crippen LogP contribution >= 0.6 is 23.5 Å². The molecule has 2 rings (SSSR count). The van der Waals surface area contributed by atoms with Crippen LogP contribution in [0.2, 0.25) is 0 Å². The number of hydrogen-bond acceptors (Lipinski definition) is 7. The van der Waals surface area contributed by atoms with E-state index in [1.54, 1.807) is 6.07 Å². The Morgan fingerprint density at radius 1 is 0.944 bits per heavy atom. The zero-order valence-electron chi connectivity index (χ0n) is 10.3. The predicted molar refractivity (Wildman–Crippen MR) is 73.9 cm³/mol. The molecule has 0 fully saturated rings. The van der Waals surface area contributed by atoms with Crippen LogP contribution in [0.4, 0.5) is 5.82 Å². The molecule has 0 amide bonds. The van der Waals surface area contributed by atoms with Gasteiger partial charge in [0.2, 0.25) is 0 Å².